The highest BCUT2D eigenvalue weighted by Gasteiger charge is 2.20. The predicted octanol–water partition coefficient (Wildman–Crippen LogP) is 1.83. The quantitative estimate of drug-likeness (QED) is 0.733. The molecule has 0 bridgehead atoms. The minimum absolute atomic E-state index is 0.255. The van der Waals surface area contributed by atoms with Gasteiger partial charge in [-0.15, -0.1) is 11.3 Å². The van der Waals surface area contributed by atoms with E-state index in [2.05, 4.69) is 28.6 Å². The standard InChI is InChI=1S/C7H9BrO2S2/c8-4-1-2-12-7(4)6(10)5(9)3-11/h1-2,5-6,9-11H,3H2. The summed E-state index contributed by atoms with van der Waals surface area (Å²) in [4.78, 5) is 0.747. The van der Waals surface area contributed by atoms with Crippen molar-refractivity contribution in [2.75, 3.05) is 5.75 Å². The summed E-state index contributed by atoms with van der Waals surface area (Å²) in [5, 5.41) is 20.7. The van der Waals surface area contributed by atoms with E-state index in [4.69, 9.17) is 0 Å². The van der Waals surface area contributed by atoms with Gasteiger partial charge in [0.05, 0.1) is 6.10 Å². The lowest BCUT2D eigenvalue weighted by Gasteiger charge is -2.14. The highest BCUT2D eigenvalue weighted by Crippen LogP contribution is 2.30. The number of rotatable bonds is 3. The fraction of sp³-hybridized carbons (Fsp3) is 0.429. The maximum atomic E-state index is 9.54. The summed E-state index contributed by atoms with van der Waals surface area (Å²) in [5.41, 5.74) is 0. The molecule has 0 aromatic carbocycles. The van der Waals surface area contributed by atoms with Crippen molar-refractivity contribution in [3.05, 3.63) is 20.8 Å². The number of aliphatic hydroxyl groups excluding tert-OH is 2. The molecule has 5 heteroatoms. The van der Waals surface area contributed by atoms with Gasteiger partial charge in [-0.3, -0.25) is 0 Å². The molecule has 0 spiro atoms. The Balaban J connectivity index is 2.77. The monoisotopic (exact) mass is 268 g/mol. The molecule has 0 amide bonds. The Kier molecular flexibility index (Phi) is 4.05. The second-order valence-electron chi connectivity index (χ2n) is 2.33. The molecule has 2 atom stereocenters. The molecule has 68 valence electrons. The molecule has 0 aliphatic carbocycles. The molecule has 0 radical (unpaired) electrons. The first kappa shape index (κ1) is 10.5. The predicted molar refractivity (Wildman–Crippen MR) is 56.8 cm³/mol. The Morgan fingerprint density at radius 3 is 2.67 bits per heavy atom. The van der Waals surface area contributed by atoms with E-state index in [1.165, 1.54) is 11.3 Å². The molecule has 0 aliphatic rings. The van der Waals surface area contributed by atoms with Gasteiger partial charge in [0.2, 0.25) is 0 Å². The van der Waals surface area contributed by atoms with E-state index in [1.54, 1.807) is 0 Å². The van der Waals surface area contributed by atoms with Gasteiger partial charge in [-0.2, -0.15) is 12.6 Å². The summed E-state index contributed by atoms with van der Waals surface area (Å²) < 4.78 is 0.834. The molecule has 2 nitrogen and oxygen atoms in total. The van der Waals surface area contributed by atoms with Crippen LogP contribution in [-0.2, 0) is 0 Å². The zero-order valence-corrected chi connectivity index (χ0v) is 9.44. The largest absolute Gasteiger partial charge is 0.389 e. The zero-order valence-electron chi connectivity index (χ0n) is 6.14. The summed E-state index contributed by atoms with van der Waals surface area (Å²) in [6, 6.07) is 1.84. The summed E-state index contributed by atoms with van der Waals surface area (Å²) in [7, 11) is 0. The topological polar surface area (TPSA) is 40.5 Å². The van der Waals surface area contributed by atoms with Crippen molar-refractivity contribution in [3.8, 4) is 0 Å². The minimum atomic E-state index is -0.836. The number of hydrogen-bond acceptors (Lipinski definition) is 4. The molecule has 12 heavy (non-hydrogen) atoms. The van der Waals surface area contributed by atoms with Crippen LogP contribution in [0.5, 0.6) is 0 Å². The van der Waals surface area contributed by atoms with Crippen LogP contribution < -0.4 is 0 Å². The summed E-state index contributed by atoms with van der Waals surface area (Å²) in [6.07, 6.45) is -1.64. The fourth-order valence-corrected chi connectivity index (χ4v) is 2.64. The number of halogens is 1. The lowest BCUT2D eigenvalue weighted by molar-refractivity contribution is 0.0356. The van der Waals surface area contributed by atoms with Crippen LogP contribution in [0.3, 0.4) is 0 Å². The van der Waals surface area contributed by atoms with Crippen molar-refractivity contribution in [1.29, 1.82) is 0 Å². The van der Waals surface area contributed by atoms with E-state index in [0.717, 1.165) is 9.35 Å². The normalized spacial score (nSPS) is 16.0. The van der Waals surface area contributed by atoms with Crippen LogP contribution in [0, 0.1) is 0 Å². The van der Waals surface area contributed by atoms with Gasteiger partial charge < -0.3 is 10.2 Å². The van der Waals surface area contributed by atoms with Crippen molar-refractivity contribution < 1.29 is 10.2 Å². The smallest absolute Gasteiger partial charge is 0.116 e. The van der Waals surface area contributed by atoms with Gasteiger partial charge >= 0.3 is 0 Å². The van der Waals surface area contributed by atoms with Crippen molar-refractivity contribution >= 4 is 39.9 Å². The van der Waals surface area contributed by atoms with Crippen molar-refractivity contribution in [3.63, 3.8) is 0 Å². The van der Waals surface area contributed by atoms with Gasteiger partial charge in [0.15, 0.2) is 0 Å². The molecule has 1 aromatic heterocycles. The maximum Gasteiger partial charge on any atom is 0.116 e. The lowest BCUT2D eigenvalue weighted by atomic mass is 10.2. The van der Waals surface area contributed by atoms with Crippen LogP contribution in [-0.4, -0.2) is 22.1 Å². The summed E-state index contributed by atoms with van der Waals surface area (Å²) in [6.45, 7) is 0. The maximum absolute atomic E-state index is 9.54. The lowest BCUT2D eigenvalue weighted by Crippen LogP contribution is -2.18. The Labute approximate surface area is 88.8 Å². The van der Waals surface area contributed by atoms with Crippen molar-refractivity contribution in [1.82, 2.24) is 0 Å². The van der Waals surface area contributed by atoms with Gasteiger partial charge in [-0.05, 0) is 27.4 Å². The zero-order chi connectivity index (χ0) is 9.14. The molecule has 0 saturated heterocycles. The molecule has 2 unspecified atom stereocenters. The van der Waals surface area contributed by atoms with Crippen molar-refractivity contribution in [2.24, 2.45) is 0 Å². The van der Waals surface area contributed by atoms with Gasteiger partial charge in [0.25, 0.3) is 0 Å². The summed E-state index contributed by atoms with van der Waals surface area (Å²) in [5.74, 6) is 0.255. The van der Waals surface area contributed by atoms with Gasteiger partial charge in [0, 0.05) is 15.1 Å². The summed E-state index contributed by atoms with van der Waals surface area (Å²) >= 11 is 8.59. The van der Waals surface area contributed by atoms with Crippen molar-refractivity contribution in [2.45, 2.75) is 12.2 Å². The van der Waals surface area contributed by atoms with E-state index in [-0.39, 0.29) is 5.75 Å². The molecule has 1 aromatic rings. The third-order valence-electron chi connectivity index (χ3n) is 1.46. The van der Waals surface area contributed by atoms with Crippen LogP contribution in [0.15, 0.2) is 15.9 Å². The Bertz CT molecular complexity index is 251. The second kappa shape index (κ2) is 4.62. The van der Waals surface area contributed by atoms with E-state index >= 15 is 0 Å². The molecule has 0 saturated carbocycles. The average molecular weight is 269 g/mol. The van der Waals surface area contributed by atoms with Crippen LogP contribution in [0.2, 0.25) is 0 Å². The number of aliphatic hydroxyl groups is 2. The Morgan fingerprint density at radius 2 is 2.25 bits per heavy atom. The van der Waals surface area contributed by atoms with Gasteiger partial charge in [-0.1, -0.05) is 0 Å². The average Bonchev–Trinajstić information content (AvgIpc) is 2.48. The number of thiophene rings is 1. The van der Waals surface area contributed by atoms with Crippen LogP contribution in [0.4, 0.5) is 0 Å². The van der Waals surface area contributed by atoms with E-state index in [0.29, 0.717) is 0 Å². The van der Waals surface area contributed by atoms with E-state index in [1.807, 2.05) is 11.4 Å². The molecular formula is C7H9BrO2S2. The second-order valence-corrected chi connectivity index (χ2v) is 4.49. The van der Waals surface area contributed by atoms with Gasteiger partial charge in [0.1, 0.15) is 6.10 Å². The molecule has 1 heterocycles. The molecular weight excluding hydrogens is 260 g/mol. The van der Waals surface area contributed by atoms with Crippen LogP contribution in [0.1, 0.15) is 11.0 Å². The molecule has 0 fully saturated rings. The first-order valence-electron chi connectivity index (χ1n) is 3.36. The third kappa shape index (κ3) is 2.23. The van der Waals surface area contributed by atoms with Crippen LogP contribution >= 0.6 is 39.9 Å². The van der Waals surface area contributed by atoms with E-state index < -0.39 is 12.2 Å². The molecule has 0 aliphatic heterocycles. The Hall–Kier alpha value is 0.450. The highest BCUT2D eigenvalue weighted by molar-refractivity contribution is 9.10. The number of hydrogen-bond donors (Lipinski definition) is 3. The third-order valence-corrected chi connectivity index (χ3v) is 3.78. The highest BCUT2D eigenvalue weighted by atomic mass is 79.9. The minimum Gasteiger partial charge on any atom is -0.389 e. The fourth-order valence-electron chi connectivity index (χ4n) is 0.791. The number of thiol groups is 1. The SMILES string of the molecule is OC(CS)C(O)c1sccc1Br. The Morgan fingerprint density at radius 1 is 1.58 bits per heavy atom. The first-order valence-corrected chi connectivity index (χ1v) is 5.67. The van der Waals surface area contributed by atoms with E-state index in [9.17, 15) is 10.2 Å². The van der Waals surface area contributed by atoms with Crippen LogP contribution in [0.25, 0.3) is 0 Å². The first-order chi connectivity index (χ1) is 5.66. The molecule has 1 rings (SSSR count). The van der Waals surface area contributed by atoms with Gasteiger partial charge in [-0.25, -0.2) is 0 Å². The molecule has 2 N–H and O–H groups in total.